The Morgan fingerprint density at radius 2 is 1.28 bits per heavy atom. The lowest BCUT2D eigenvalue weighted by atomic mass is 10.1. The van der Waals surface area contributed by atoms with E-state index in [0.717, 1.165) is 6.20 Å². The highest BCUT2D eigenvalue weighted by Gasteiger charge is 2.14. The van der Waals surface area contributed by atoms with E-state index in [0.29, 0.717) is 11.0 Å². The van der Waals surface area contributed by atoms with Crippen LogP contribution >= 0.6 is 0 Å². The predicted molar refractivity (Wildman–Crippen MR) is 97.1 cm³/mol. The average molecular weight is 327 g/mol. The number of nitro groups is 1. The van der Waals surface area contributed by atoms with Crippen molar-refractivity contribution in [2.75, 3.05) is 0 Å². The third-order valence-electron chi connectivity index (χ3n) is 3.91. The van der Waals surface area contributed by atoms with Crippen molar-refractivity contribution in [1.82, 2.24) is 9.97 Å². The molecule has 5 rings (SSSR count). The largest absolute Gasteiger partial charge is 0.382 e. The first-order valence-corrected chi connectivity index (χ1v) is 7.78. The Balaban J connectivity index is 0.000000126. The van der Waals surface area contributed by atoms with Crippen LogP contribution in [0.2, 0.25) is 0 Å². The number of fused-ring (bicyclic) bond motifs is 2. The molecule has 25 heavy (non-hydrogen) atoms. The van der Waals surface area contributed by atoms with Gasteiger partial charge in [0.2, 0.25) is 5.52 Å². The normalized spacial score (nSPS) is 10.7. The average Bonchev–Trinajstić information content (AvgIpc) is 3.28. The van der Waals surface area contributed by atoms with E-state index in [2.05, 4.69) is 52.4 Å². The first kappa shape index (κ1) is 15.0. The fourth-order valence-corrected chi connectivity index (χ4v) is 2.59. The van der Waals surface area contributed by atoms with E-state index in [-0.39, 0.29) is 5.82 Å². The molecule has 2 aliphatic rings. The van der Waals surface area contributed by atoms with Gasteiger partial charge in [-0.15, -0.1) is 0 Å². The highest BCUT2D eigenvalue weighted by molar-refractivity contribution is 5.89. The van der Waals surface area contributed by atoms with Gasteiger partial charge in [-0.25, -0.2) is 4.98 Å². The van der Waals surface area contributed by atoms with Crippen LogP contribution in [0.25, 0.3) is 33.3 Å². The standard InChI is InChI=1S/C12H8.C8H5N3O2/c1-2-4-9(5-3-1)10-6-11-8-12(11)7-10;12-11(13)8-5-9-6-3-1-2-4-7(6)10-8/h1-8H;1-5H. The summed E-state index contributed by atoms with van der Waals surface area (Å²) in [6.45, 7) is 0. The van der Waals surface area contributed by atoms with Gasteiger partial charge in [-0.2, -0.15) is 0 Å². The van der Waals surface area contributed by atoms with Crippen LogP contribution < -0.4 is 0 Å². The number of rotatable bonds is 2. The number of hydrogen-bond donors (Lipinski definition) is 0. The molecule has 120 valence electrons. The van der Waals surface area contributed by atoms with Crippen molar-refractivity contribution in [1.29, 1.82) is 0 Å². The molecule has 1 heterocycles. The third kappa shape index (κ3) is 3.21. The van der Waals surface area contributed by atoms with Gasteiger partial charge >= 0.3 is 5.82 Å². The highest BCUT2D eigenvalue weighted by Crippen LogP contribution is 2.40. The lowest BCUT2D eigenvalue weighted by Crippen LogP contribution is -1.93. The molecular formula is C20H13N3O2. The lowest BCUT2D eigenvalue weighted by molar-refractivity contribution is -0.389. The first-order chi connectivity index (χ1) is 12.2. The smallest absolute Gasteiger partial charge is 0.358 e. The van der Waals surface area contributed by atoms with Crippen LogP contribution in [0.5, 0.6) is 0 Å². The van der Waals surface area contributed by atoms with Crippen LogP contribution in [0.3, 0.4) is 0 Å². The van der Waals surface area contributed by atoms with Gasteiger partial charge in [-0.3, -0.25) is 0 Å². The molecule has 0 bridgehead atoms. The van der Waals surface area contributed by atoms with Crippen LogP contribution in [0.15, 0.2) is 79.0 Å². The summed E-state index contributed by atoms with van der Waals surface area (Å²) in [5.74, 6) is -0.223. The van der Waals surface area contributed by atoms with E-state index in [9.17, 15) is 10.1 Å². The van der Waals surface area contributed by atoms with E-state index in [1.54, 1.807) is 18.2 Å². The summed E-state index contributed by atoms with van der Waals surface area (Å²) in [5, 5.41) is 10.3. The Hall–Kier alpha value is -3.60. The van der Waals surface area contributed by atoms with Gasteiger partial charge in [0.25, 0.3) is 0 Å². The maximum absolute atomic E-state index is 10.3. The summed E-state index contributed by atoms with van der Waals surface area (Å²) in [4.78, 5) is 17.5. The minimum atomic E-state index is -0.556. The van der Waals surface area contributed by atoms with Crippen molar-refractivity contribution in [2.45, 2.75) is 0 Å². The summed E-state index contributed by atoms with van der Waals surface area (Å²) < 4.78 is 0. The molecule has 0 amide bonds. The van der Waals surface area contributed by atoms with Gasteiger partial charge in [0.15, 0.2) is 0 Å². The van der Waals surface area contributed by atoms with Gasteiger partial charge in [-0.05, 0) is 62.5 Å². The van der Waals surface area contributed by atoms with E-state index >= 15 is 0 Å². The van der Waals surface area contributed by atoms with Crippen LogP contribution in [0.1, 0.15) is 0 Å². The highest BCUT2D eigenvalue weighted by atomic mass is 16.6. The summed E-state index contributed by atoms with van der Waals surface area (Å²) in [7, 11) is 0. The molecule has 0 saturated heterocycles. The van der Waals surface area contributed by atoms with Crippen LogP contribution in [0, 0.1) is 10.1 Å². The quantitative estimate of drug-likeness (QED) is 0.342. The minimum Gasteiger partial charge on any atom is -0.358 e. The van der Waals surface area contributed by atoms with E-state index in [1.165, 1.54) is 22.3 Å². The topological polar surface area (TPSA) is 68.9 Å². The van der Waals surface area contributed by atoms with Crippen molar-refractivity contribution in [3.63, 3.8) is 0 Å². The molecule has 0 aliphatic heterocycles. The second-order valence-corrected chi connectivity index (χ2v) is 5.64. The van der Waals surface area contributed by atoms with Crippen molar-refractivity contribution >= 4 is 16.9 Å². The maximum atomic E-state index is 10.3. The molecule has 0 radical (unpaired) electrons. The number of hydrogen-bond acceptors (Lipinski definition) is 4. The molecule has 0 spiro atoms. The van der Waals surface area contributed by atoms with Gasteiger partial charge in [-0.1, -0.05) is 42.5 Å². The third-order valence-corrected chi connectivity index (χ3v) is 3.91. The predicted octanol–water partition coefficient (Wildman–Crippen LogP) is 4.87. The number of aromatic nitrogens is 2. The SMILES string of the molecule is O=[N+]([O-])c1cnc2ccccc2n1.c1ccc(-c2cc3cc-3c2)cc1. The van der Waals surface area contributed by atoms with Crippen LogP contribution in [-0.4, -0.2) is 14.9 Å². The minimum absolute atomic E-state index is 0.223. The fourth-order valence-electron chi connectivity index (χ4n) is 2.59. The molecule has 0 fully saturated rings. The van der Waals surface area contributed by atoms with Crippen molar-refractivity contribution in [3.05, 3.63) is 89.1 Å². The molecule has 2 aliphatic carbocycles. The molecule has 5 heteroatoms. The van der Waals surface area contributed by atoms with Crippen molar-refractivity contribution in [2.24, 2.45) is 0 Å². The second-order valence-electron chi connectivity index (χ2n) is 5.64. The van der Waals surface area contributed by atoms with E-state index in [1.807, 2.05) is 12.1 Å². The summed E-state index contributed by atoms with van der Waals surface area (Å²) >= 11 is 0. The van der Waals surface area contributed by atoms with Gasteiger partial charge in [0.05, 0.1) is 0 Å². The zero-order chi connectivity index (χ0) is 17.2. The molecule has 0 saturated carbocycles. The van der Waals surface area contributed by atoms with Crippen LogP contribution in [0.4, 0.5) is 5.82 Å². The second kappa shape index (κ2) is 6.13. The molecule has 5 nitrogen and oxygen atoms in total. The summed E-state index contributed by atoms with van der Waals surface area (Å²) in [6, 6.07) is 24.2. The first-order valence-electron chi connectivity index (χ1n) is 7.78. The Morgan fingerprint density at radius 3 is 1.92 bits per heavy atom. The van der Waals surface area contributed by atoms with Crippen molar-refractivity contribution in [3.8, 4) is 22.3 Å². The summed E-state index contributed by atoms with van der Waals surface area (Å²) in [5.41, 5.74) is 6.69. The number of benzene rings is 3. The summed E-state index contributed by atoms with van der Waals surface area (Å²) in [6.07, 6.45) is 1.16. The zero-order valence-corrected chi connectivity index (χ0v) is 13.2. The fraction of sp³-hybridized carbons (Fsp3) is 0. The van der Waals surface area contributed by atoms with Crippen molar-refractivity contribution < 1.29 is 4.92 Å². The Kier molecular flexibility index (Phi) is 3.67. The molecule has 0 N–H and O–H groups in total. The molecule has 2 aromatic carbocycles. The molecule has 1 aromatic heterocycles. The zero-order valence-electron chi connectivity index (χ0n) is 13.2. The number of para-hydroxylation sites is 2. The molecule has 3 aromatic rings. The van der Waals surface area contributed by atoms with E-state index < -0.39 is 4.92 Å². The maximum Gasteiger partial charge on any atom is 0.382 e. The Morgan fingerprint density at radius 1 is 0.720 bits per heavy atom. The number of nitrogens with zero attached hydrogens (tertiary/aromatic N) is 3. The van der Waals surface area contributed by atoms with E-state index in [4.69, 9.17) is 0 Å². The molecular weight excluding hydrogens is 314 g/mol. The molecule has 0 unspecified atom stereocenters. The monoisotopic (exact) mass is 327 g/mol. The lowest BCUT2D eigenvalue weighted by Gasteiger charge is -1.94. The van der Waals surface area contributed by atoms with Gasteiger partial charge < -0.3 is 10.1 Å². The molecule has 0 atom stereocenters. The van der Waals surface area contributed by atoms with Gasteiger partial charge in [0.1, 0.15) is 11.7 Å². The van der Waals surface area contributed by atoms with Crippen LogP contribution in [-0.2, 0) is 0 Å². The Labute approximate surface area is 143 Å². The Bertz CT molecular complexity index is 1060. The van der Waals surface area contributed by atoms with Gasteiger partial charge in [0, 0.05) is 0 Å².